The van der Waals surface area contributed by atoms with Crippen LogP contribution in [0.4, 0.5) is 0 Å². The largest absolute Gasteiger partial charge is 1.00 e. The van der Waals surface area contributed by atoms with Crippen molar-refractivity contribution in [2.24, 2.45) is 0 Å². The minimum absolute atomic E-state index is 0. The second-order valence-electron chi connectivity index (χ2n) is 4.64. The van der Waals surface area contributed by atoms with E-state index in [1.54, 1.807) is 0 Å². The van der Waals surface area contributed by atoms with Crippen molar-refractivity contribution in [1.29, 1.82) is 0 Å². The topological polar surface area (TPSA) is 4.10 Å². The lowest BCUT2D eigenvalue weighted by molar-refractivity contribution is -0.508. The van der Waals surface area contributed by atoms with Crippen molar-refractivity contribution in [3.8, 4) is 0 Å². The molecule has 0 saturated carbocycles. The highest BCUT2D eigenvalue weighted by molar-refractivity contribution is 5.88. The third-order valence-corrected chi connectivity index (χ3v) is 3.45. The van der Waals surface area contributed by atoms with Crippen LogP contribution >= 0.6 is 0 Å². The number of hydrogen-bond donors (Lipinski definition) is 0. The quantitative estimate of drug-likeness (QED) is 0.333. The summed E-state index contributed by atoms with van der Waals surface area (Å²) >= 11 is 0. The Hall–Kier alpha value is -1.93. The van der Waals surface area contributed by atoms with Crippen LogP contribution in [0.25, 0.3) is 27.1 Å². The number of hydrogen-bond acceptors (Lipinski definition) is 0. The SMILES string of the molecule is [Br-].c1ccc2c[n+]3cc4ccccc4cc3cc2c1. The second kappa shape index (κ2) is 4.63. The fourth-order valence-corrected chi connectivity index (χ4v) is 2.52. The van der Waals surface area contributed by atoms with Crippen molar-refractivity contribution in [2.75, 3.05) is 0 Å². The first kappa shape index (κ1) is 12.1. The molecule has 2 aromatic heterocycles. The van der Waals surface area contributed by atoms with Crippen LogP contribution in [0.3, 0.4) is 0 Å². The standard InChI is InChI=1S/C17H12N.BrH/c1-3-7-15-11-18-12-16-8-4-2-6-14(16)10-17(18)9-13(15)5-1;/h1-12H;1H/q+1;/p-1. The summed E-state index contributed by atoms with van der Waals surface area (Å²) in [6.07, 6.45) is 4.38. The van der Waals surface area contributed by atoms with Crippen LogP contribution in [-0.4, -0.2) is 0 Å². The summed E-state index contributed by atoms with van der Waals surface area (Å²) < 4.78 is 2.20. The number of rotatable bonds is 0. The van der Waals surface area contributed by atoms with Crippen LogP contribution in [-0.2, 0) is 0 Å². The third kappa shape index (κ3) is 1.98. The monoisotopic (exact) mass is 309 g/mol. The Morgan fingerprint density at radius 3 is 1.47 bits per heavy atom. The van der Waals surface area contributed by atoms with Crippen LogP contribution < -0.4 is 21.4 Å². The summed E-state index contributed by atoms with van der Waals surface area (Å²) in [5.41, 5.74) is 1.23. The van der Waals surface area contributed by atoms with Crippen LogP contribution in [0.1, 0.15) is 0 Å². The number of pyridine rings is 2. The van der Waals surface area contributed by atoms with Crippen molar-refractivity contribution >= 4 is 27.1 Å². The predicted molar refractivity (Wildman–Crippen MR) is 74.6 cm³/mol. The molecule has 0 spiro atoms. The van der Waals surface area contributed by atoms with E-state index >= 15 is 0 Å². The van der Waals surface area contributed by atoms with E-state index in [1.165, 1.54) is 27.1 Å². The number of aromatic nitrogens is 1. The summed E-state index contributed by atoms with van der Waals surface area (Å²) in [7, 11) is 0. The van der Waals surface area contributed by atoms with Gasteiger partial charge in [-0.1, -0.05) is 36.4 Å². The highest BCUT2D eigenvalue weighted by atomic mass is 79.9. The first-order valence-corrected chi connectivity index (χ1v) is 6.13. The Morgan fingerprint density at radius 2 is 1.00 bits per heavy atom. The van der Waals surface area contributed by atoms with Crippen molar-refractivity contribution in [1.82, 2.24) is 0 Å². The van der Waals surface area contributed by atoms with E-state index in [1.807, 2.05) is 0 Å². The van der Waals surface area contributed by atoms with E-state index in [4.69, 9.17) is 0 Å². The minimum atomic E-state index is 0. The highest BCUT2D eigenvalue weighted by Crippen LogP contribution is 2.17. The number of fused-ring (bicyclic) bond motifs is 3. The van der Waals surface area contributed by atoms with E-state index in [-0.39, 0.29) is 17.0 Å². The molecule has 0 N–H and O–H groups in total. The van der Waals surface area contributed by atoms with Gasteiger partial charge in [-0.2, -0.15) is 4.40 Å². The molecule has 0 atom stereocenters. The molecule has 4 rings (SSSR count). The second-order valence-corrected chi connectivity index (χ2v) is 4.64. The van der Waals surface area contributed by atoms with E-state index in [9.17, 15) is 0 Å². The van der Waals surface area contributed by atoms with Gasteiger partial charge in [-0.05, 0) is 22.9 Å². The van der Waals surface area contributed by atoms with E-state index in [0.29, 0.717) is 0 Å². The number of benzene rings is 2. The average Bonchev–Trinajstić information content (AvgIpc) is 2.42. The Morgan fingerprint density at radius 1 is 0.579 bits per heavy atom. The predicted octanol–water partition coefficient (Wildman–Crippen LogP) is 0.736. The van der Waals surface area contributed by atoms with Gasteiger partial charge in [-0.15, -0.1) is 0 Å². The molecule has 2 aromatic carbocycles. The summed E-state index contributed by atoms with van der Waals surface area (Å²) in [6, 6.07) is 21.4. The van der Waals surface area contributed by atoms with Crippen LogP contribution in [0.5, 0.6) is 0 Å². The van der Waals surface area contributed by atoms with Crippen LogP contribution in [0, 0.1) is 0 Å². The van der Waals surface area contributed by atoms with E-state index < -0.39 is 0 Å². The van der Waals surface area contributed by atoms with Gasteiger partial charge in [0.25, 0.3) is 0 Å². The molecule has 0 aliphatic rings. The summed E-state index contributed by atoms with van der Waals surface area (Å²) in [5, 5.41) is 5.11. The van der Waals surface area contributed by atoms with E-state index in [0.717, 1.165) is 0 Å². The third-order valence-electron chi connectivity index (χ3n) is 3.45. The Balaban J connectivity index is 0.00000110. The lowest BCUT2D eigenvalue weighted by Crippen LogP contribution is -3.00. The molecule has 4 aromatic rings. The molecule has 92 valence electrons. The average molecular weight is 310 g/mol. The first-order chi connectivity index (χ1) is 8.90. The minimum Gasteiger partial charge on any atom is -1.00 e. The van der Waals surface area contributed by atoms with Crippen LogP contribution in [0.15, 0.2) is 73.1 Å². The highest BCUT2D eigenvalue weighted by Gasteiger charge is 2.06. The van der Waals surface area contributed by atoms with Crippen molar-refractivity contribution < 1.29 is 21.4 Å². The molecule has 0 radical (unpaired) electrons. The van der Waals surface area contributed by atoms with Gasteiger partial charge < -0.3 is 17.0 Å². The molecule has 2 heterocycles. The molecule has 0 fully saturated rings. The number of nitrogens with zero attached hydrogens (tertiary/aromatic N) is 1. The molecule has 0 bridgehead atoms. The van der Waals surface area contributed by atoms with Gasteiger partial charge in [-0.3, -0.25) is 0 Å². The summed E-state index contributed by atoms with van der Waals surface area (Å²) in [6.45, 7) is 0. The fourth-order valence-electron chi connectivity index (χ4n) is 2.52. The maximum absolute atomic E-state index is 2.24. The zero-order valence-corrected chi connectivity index (χ0v) is 11.8. The Kier molecular flexibility index (Phi) is 2.96. The fraction of sp³-hybridized carbons (Fsp3) is 0. The van der Waals surface area contributed by atoms with E-state index in [2.05, 4.69) is 77.5 Å². The van der Waals surface area contributed by atoms with Crippen LogP contribution in [0.2, 0.25) is 0 Å². The first-order valence-electron chi connectivity index (χ1n) is 6.13. The molecule has 0 unspecified atom stereocenters. The Bertz CT molecular complexity index is 739. The van der Waals surface area contributed by atoms with Gasteiger partial charge in [-0.25, -0.2) is 0 Å². The molecule has 0 aliphatic heterocycles. The molecule has 1 nitrogen and oxygen atoms in total. The van der Waals surface area contributed by atoms with Gasteiger partial charge in [0.1, 0.15) is 0 Å². The maximum Gasteiger partial charge on any atom is 0.211 e. The van der Waals surface area contributed by atoms with Gasteiger partial charge in [0.2, 0.25) is 5.52 Å². The van der Waals surface area contributed by atoms with Gasteiger partial charge in [0, 0.05) is 22.9 Å². The summed E-state index contributed by atoms with van der Waals surface area (Å²) in [4.78, 5) is 0. The molecule has 0 amide bonds. The zero-order chi connectivity index (χ0) is 11.9. The molecule has 0 aliphatic carbocycles. The molecule has 19 heavy (non-hydrogen) atoms. The zero-order valence-electron chi connectivity index (χ0n) is 10.3. The molecule has 2 heteroatoms. The normalized spacial score (nSPS) is 10.7. The van der Waals surface area contributed by atoms with Crippen molar-refractivity contribution in [3.05, 3.63) is 73.1 Å². The summed E-state index contributed by atoms with van der Waals surface area (Å²) in [5.74, 6) is 0. The lowest BCUT2D eigenvalue weighted by Gasteiger charge is -1.99. The van der Waals surface area contributed by atoms with Gasteiger partial charge in [0.15, 0.2) is 12.4 Å². The smallest absolute Gasteiger partial charge is 0.211 e. The van der Waals surface area contributed by atoms with Gasteiger partial charge >= 0.3 is 0 Å². The number of halogens is 1. The molecular formula is C17H12BrN. The van der Waals surface area contributed by atoms with Crippen molar-refractivity contribution in [3.63, 3.8) is 0 Å². The lowest BCUT2D eigenvalue weighted by atomic mass is 10.1. The maximum atomic E-state index is 2.24. The van der Waals surface area contributed by atoms with Crippen molar-refractivity contribution in [2.45, 2.75) is 0 Å². The molecule has 0 saturated heterocycles. The van der Waals surface area contributed by atoms with Gasteiger partial charge in [0.05, 0.1) is 0 Å². The Labute approximate surface area is 121 Å². The molecular weight excluding hydrogens is 298 g/mol.